The Labute approximate surface area is 168 Å². The van der Waals surface area contributed by atoms with Crippen LogP contribution < -0.4 is 16.0 Å². The Morgan fingerprint density at radius 2 is 1.44 bits per heavy atom. The van der Waals surface area contributed by atoms with Crippen LogP contribution in [0.5, 0.6) is 0 Å². The summed E-state index contributed by atoms with van der Waals surface area (Å²) in [5.74, 6) is -0.0910. The minimum Gasteiger partial charge on any atom is -0.350 e. The zero-order chi connectivity index (χ0) is 19.5. The molecule has 27 heavy (non-hydrogen) atoms. The van der Waals surface area contributed by atoms with Gasteiger partial charge < -0.3 is 20.9 Å². The van der Waals surface area contributed by atoms with Gasteiger partial charge in [0.1, 0.15) is 0 Å². The number of hydrogen-bond donors (Lipinski definition) is 3. The Bertz CT molecular complexity index is 628. The topological polar surface area (TPSA) is 90.5 Å². The SMILES string of the molecule is O=C(NCCNC(=O)c1ccc(Br)cc1)NCCC(=O)N1CCCCCC1. The van der Waals surface area contributed by atoms with Gasteiger partial charge in [0.2, 0.25) is 5.91 Å². The van der Waals surface area contributed by atoms with Crippen LogP contribution in [0.2, 0.25) is 0 Å². The third-order valence-corrected chi connectivity index (χ3v) is 4.91. The fraction of sp³-hybridized carbons (Fsp3) is 0.526. The van der Waals surface area contributed by atoms with Gasteiger partial charge in [-0.3, -0.25) is 9.59 Å². The number of halogens is 1. The zero-order valence-electron chi connectivity index (χ0n) is 15.4. The molecule has 1 saturated heterocycles. The van der Waals surface area contributed by atoms with Crippen molar-refractivity contribution >= 4 is 33.8 Å². The molecule has 0 bridgehead atoms. The summed E-state index contributed by atoms with van der Waals surface area (Å²) in [6.07, 6.45) is 4.80. The van der Waals surface area contributed by atoms with Gasteiger partial charge in [-0.25, -0.2) is 4.79 Å². The number of urea groups is 1. The van der Waals surface area contributed by atoms with Gasteiger partial charge in [0, 0.05) is 49.2 Å². The number of hydrogen-bond acceptors (Lipinski definition) is 3. The second-order valence-corrected chi connectivity index (χ2v) is 7.41. The molecule has 1 aromatic carbocycles. The van der Waals surface area contributed by atoms with Crippen molar-refractivity contribution < 1.29 is 14.4 Å². The first-order valence-corrected chi connectivity index (χ1v) is 10.2. The monoisotopic (exact) mass is 438 g/mol. The van der Waals surface area contributed by atoms with Gasteiger partial charge in [0.25, 0.3) is 5.91 Å². The van der Waals surface area contributed by atoms with Crippen LogP contribution in [0.15, 0.2) is 28.7 Å². The summed E-state index contributed by atoms with van der Waals surface area (Å²) < 4.78 is 0.909. The first kappa shape index (κ1) is 21.2. The normalized spacial score (nSPS) is 14.2. The quantitative estimate of drug-likeness (QED) is 0.570. The molecule has 0 saturated carbocycles. The lowest BCUT2D eigenvalue weighted by Gasteiger charge is -2.20. The van der Waals surface area contributed by atoms with Crippen LogP contribution in [0.1, 0.15) is 42.5 Å². The molecule has 1 fully saturated rings. The van der Waals surface area contributed by atoms with E-state index in [9.17, 15) is 14.4 Å². The molecule has 3 N–H and O–H groups in total. The summed E-state index contributed by atoms with van der Waals surface area (Å²) in [5.41, 5.74) is 0.565. The summed E-state index contributed by atoms with van der Waals surface area (Å²) in [6, 6.07) is 6.71. The number of nitrogens with one attached hydrogen (secondary N) is 3. The van der Waals surface area contributed by atoms with Crippen LogP contribution in [0.25, 0.3) is 0 Å². The molecule has 0 atom stereocenters. The average Bonchev–Trinajstić information content (AvgIpc) is 2.95. The van der Waals surface area contributed by atoms with Gasteiger partial charge >= 0.3 is 6.03 Å². The van der Waals surface area contributed by atoms with Crippen molar-refractivity contribution in [2.75, 3.05) is 32.7 Å². The lowest BCUT2D eigenvalue weighted by molar-refractivity contribution is -0.131. The highest BCUT2D eigenvalue weighted by molar-refractivity contribution is 9.10. The Morgan fingerprint density at radius 1 is 0.852 bits per heavy atom. The first-order valence-electron chi connectivity index (χ1n) is 9.39. The predicted molar refractivity (Wildman–Crippen MR) is 108 cm³/mol. The smallest absolute Gasteiger partial charge is 0.314 e. The van der Waals surface area contributed by atoms with E-state index in [-0.39, 0.29) is 17.8 Å². The fourth-order valence-corrected chi connectivity index (χ4v) is 3.14. The molecule has 1 aliphatic heterocycles. The average molecular weight is 439 g/mol. The van der Waals surface area contributed by atoms with E-state index in [1.54, 1.807) is 24.3 Å². The molecule has 7 nitrogen and oxygen atoms in total. The first-order chi connectivity index (χ1) is 13.1. The van der Waals surface area contributed by atoms with Crippen LogP contribution in [-0.2, 0) is 4.79 Å². The van der Waals surface area contributed by atoms with Crippen LogP contribution in [-0.4, -0.2) is 55.5 Å². The van der Waals surface area contributed by atoms with E-state index in [0.717, 1.165) is 30.4 Å². The largest absolute Gasteiger partial charge is 0.350 e. The molecule has 4 amide bonds. The summed E-state index contributed by atoms with van der Waals surface area (Å²) in [5, 5.41) is 8.08. The molecule has 1 aromatic rings. The van der Waals surface area contributed by atoms with Crippen LogP contribution in [0.3, 0.4) is 0 Å². The lowest BCUT2D eigenvalue weighted by atomic mass is 10.2. The van der Waals surface area contributed by atoms with E-state index in [1.807, 2.05) is 4.90 Å². The summed E-state index contributed by atoms with van der Waals surface area (Å²) in [7, 11) is 0. The van der Waals surface area contributed by atoms with E-state index >= 15 is 0 Å². The Kier molecular flexibility index (Phi) is 9.10. The number of nitrogens with zero attached hydrogens (tertiary/aromatic N) is 1. The predicted octanol–water partition coefficient (Wildman–Crippen LogP) is 2.27. The van der Waals surface area contributed by atoms with E-state index < -0.39 is 0 Å². The van der Waals surface area contributed by atoms with Crippen molar-refractivity contribution in [3.05, 3.63) is 34.3 Å². The van der Waals surface area contributed by atoms with Gasteiger partial charge in [0.15, 0.2) is 0 Å². The lowest BCUT2D eigenvalue weighted by Crippen LogP contribution is -2.42. The molecule has 1 heterocycles. The number of carbonyl (C=O) groups is 3. The number of benzene rings is 1. The minimum atomic E-state index is -0.337. The molecular formula is C19H27BrN4O3. The van der Waals surface area contributed by atoms with Crippen molar-refractivity contribution in [1.82, 2.24) is 20.9 Å². The summed E-state index contributed by atoms with van der Waals surface area (Å²) in [4.78, 5) is 37.7. The zero-order valence-corrected chi connectivity index (χ0v) is 17.0. The van der Waals surface area contributed by atoms with Gasteiger partial charge in [0.05, 0.1) is 0 Å². The highest BCUT2D eigenvalue weighted by Gasteiger charge is 2.15. The summed E-state index contributed by atoms with van der Waals surface area (Å²) >= 11 is 3.32. The Morgan fingerprint density at radius 3 is 2.11 bits per heavy atom. The van der Waals surface area contributed by atoms with E-state index in [2.05, 4.69) is 31.9 Å². The molecule has 148 valence electrons. The number of carbonyl (C=O) groups excluding carboxylic acids is 3. The number of likely N-dealkylation sites (tertiary alicyclic amines) is 1. The van der Waals surface area contributed by atoms with Crippen molar-refractivity contribution in [3.63, 3.8) is 0 Å². The van der Waals surface area contributed by atoms with Crippen LogP contribution in [0, 0.1) is 0 Å². The van der Waals surface area contributed by atoms with Gasteiger partial charge in [-0.2, -0.15) is 0 Å². The molecule has 0 aromatic heterocycles. The molecular weight excluding hydrogens is 412 g/mol. The van der Waals surface area contributed by atoms with Crippen molar-refractivity contribution in [2.45, 2.75) is 32.1 Å². The number of amides is 4. The molecule has 8 heteroatoms. The van der Waals surface area contributed by atoms with Crippen LogP contribution in [0.4, 0.5) is 4.79 Å². The van der Waals surface area contributed by atoms with E-state index in [0.29, 0.717) is 31.6 Å². The molecule has 1 aliphatic rings. The van der Waals surface area contributed by atoms with E-state index in [4.69, 9.17) is 0 Å². The summed E-state index contributed by atoms with van der Waals surface area (Å²) in [6.45, 7) is 2.60. The minimum absolute atomic E-state index is 0.0963. The molecule has 0 radical (unpaired) electrons. The van der Waals surface area contributed by atoms with Crippen molar-refractivity contribution in [1.29, 1.82) is 0 Å². The van der Waals surface area contributed by atoms with Gasteiger partial charge in [-0.15, -0.1) is 0 Å². The third kappa shape index (κ3) is 7.99. The Balaban J connectivity index is 1.54. The highest BCUT2D eigenvalue weighted by Crippen LogP contribution is 2.11. The fourth-order valence-electron chi connectivity index (χ4n) is 2.88. The van der Waals surface area contributed by atoms with Crippen molar-refractivity contribution in [3.8, 4) is 0 Å². The maximum Gasteiger partial charge on any atom is 0.314 e. The van der Waals surface area contributed by atoms with Crippen molar-refractivity contribution in [2.24, 2.45) is 0 Å². The molecule has 2 rings (SSSR count). The Hall–Kier alpha value is -2.09. The molecule has 0 spiro atoms. The van der Waals surface area contributed by atoms with Crippen LogP contribution >= 0.6 is 15.9 Å². The van der Waals surface area contributed by atoms with Gasteiger partial charge in [-0.1, -0.05) is 28.8 Å². The second-order valence-electron chi connectivity index (χ2n) is 6.49. The van der Waals surface area contributed by atoms with E-state index in [1.165, 1.54) is 12.8 Å². The maximum atomic E-state index is 12.1. The standard InChI is InChI=1S/C19H27BrN4O3/c20-16-7-5-15(6-8-16)18(26)21-11-12-23-19(27)22-10-9-17(25)24-13-3-1-2-4-14-24/h5-8H,1-4,9-14H2,(H,21,26)(H2,22,23,27). The second kappa shape index (κ2) is 11.6. The maximum absolute atomic E-state index is 12.1. The third-order valence-electron chi connectivity index (χ3n) is 4.39. The van der Waals surface area contributed by atoms with Gasteiger partial charge in [-0.05, 0) is 37.1 Å². The number of rotatable bonds is 7. The molecule has 0 unspecified atom stereocenters. The molecule has 0 aliphatic carbocycles. The highest BCUT2D eigenvalue weighted by atomic mass is 79.9.